The molecule has 0 aliphatic carbocycles. The monoisotopic (exact) mass is 342 g/mol. The van der Waals surface area contributed by atoms with Crippen molar-refractivity contribution < 1.29 is 19.0 Å². The number of benzene rings is 1. The number of nitrogens with zero attached hydrogens (tertiary/aromatic N) is 1. The van der Waals surface area contributed by atoms with Crippen molar-refractivity contribution in [3.05, 3.63) is 22.7 Å². The second kappa shape index (κ2) is 7.86. The van der Waals surface area contributed by atoms with Crippen LogP contribution in [-0.4, -0.2) is 56.4 Å². The lowest BCUT2D eigenvalue weighted by molar-refractivity contribution is -0.0712. The second-order valence-corrected chi connectivity index (χ2v) is 6.13. The van der Waals surface area contributed by atoms with Crippen LogP contribution < -0.4 is 10.5 Å². The molecule has 1 aromatic carbocycles. The molecule has 7 heteroatoms. The Morgan fingerprint density at radius 3 is 2.65 bits per heavy atom. The van der Waals surface area contributed by atoms with Gasteiger partial charge in [0.1, 0.15) is 17.9 Å². The standard InChI is InChI=1S/C16H23ClN2O4/c1-10-8-19(9-11(2)23-10)4-5-22-16(20)12-6-13(17)14(18)7-15(12)21-3/h6-7,10-11H,4-5,8-9,18H2,1-3H3/t10-,11+. The van der Waals surface area contributed by atoms with Crippen LogP contribution in [0, 0.1) is 0 Å². The fourth-order valence-electron chi connectivity index (χ4n) is 2.71. The molecular weight excluding hydrogens is 320 g/mol. The molecule has 1 saturated heterocycles. The van der Waals surface area contributed by atoms with Crippen LogP contribution in [0.5, 0.6) is 5.75 Å². The molecule has 0 saturated carbocycles. The number of ether oxygens (including phenoxy) is 3. The van der Waals surface area contributed by atoms with Crippen molar-refractivity contribution in [2.75, 3.05) is 39.1 Å². The maximum atomic E-state index is 12.2. The van der Waals surface area contributed by atoms with Crippen LogP contribution in [0.2, 0.25) is 5.02 Å². The molecule has 1 aliphatic heterocycles. The van der Waals surface area contributed by atoms with E-state index in [4.69, 9.17) is 31.5 Å². The van der Waals surface area contributed by atoms with E-state index in [0.717, 1.165) is 13.1 Å². The topological polar surface area (TPSA) is 74.0 Å². The minimum Gasteiger partial charge on any atom is -0.496 e. The minimum absolute atomic E-state index is 0.186. The van der Waals surface area contributed by atoms with Gasteiger partial charge >= 0.3 is 5.97 Å². The van der Waals surface area contributed by atoms with Crippen LogP contribution >= 0.6 is 11.6 Å². The minimum atomic E-state index is -0.474. The third-order valence-corrected chi connectivity index (χ3v) is 4.00. The van der Waals surface area contributed by atoms with E-state index in [0.29, 0.717) is 29.6 Å². The number of esters is 1. The van der Waals surface area contributed by atoms with Gasteiger partial charge in [-0.05, 0) is 19.9 Å². The molecule has 1 aliphatic rings. The van der Waals surface area contributed by atoms with Gasteiger partial charge in [0.2, 0.25) is 0 Å². The molecule has 0 amide bonds. The molecule has 128 valence electrons. The zero-order chi connectivity index (χ0) is 17.0. The highest BCUT2D eigenvalue weighted by molar-refractivity contribution is 6.33. The van der Waals surface area contributed by atoms with Gasteiger partial charge in [0, 0.05) is 25.7 Å². The fourth-order valence-corrected chi connectivity index (χ4v) is 2.87. The predicted octanol–water partition coefficient (Wildman–Crippen LogP) is 2.20. The Morgan fingerprint density at radius 2 is 2.04 bits per heavy atom. The summed E-state index contributed by atoms with van der Waals surface area (Å²) in [7, 11) is 1.47. The van der Waals surface area contributed by atoms with E-state index in [9.17, 15) is 4.79 Å². The van der Waals surface area contributed by atoms with Crippen molar-refractivity contribution in [2.45, 2.75) is 26.1 Å². The zero-order valence-corrected chi connectivity index (χ0v) is 14.4. The van der Waals surface area contributed by atoms with Gasteiger partial charge in [0.25, 0.3) is 0 Å². The van der Waals surface area contributed by atoms with Crippen molar-refractivity contribution in [3.63, 3.8) is 0 Å². The molecular formula is C16H23ClN2O4. The van der Waals surface area contributed by atoms with Crippen LogP contribution in [0.1, 0.15) is 24.2 Å². The average molecular weight is 343 g/mol. The third-order valence-electron chi connectivity index (χ3n) is 3.67. The Hall–Kier alpha value is -1.50. The summed E-state index contributed by atoms with van der Waals surface area (Å²) in [4.78, 5) is 14.4. The third kappa shape index (κ3) is 4.73. The molecule has 6 nitrogen and oxygen atoms in total. The van der Waals surface area contributed by atoms with Crippen LogP contribution in [0.4, 0.5) is 5.69 Å². The summed E-state index contributed by atoms with van der Waals surface area (Å²) >= 11 is 5.96. The highest BCUT2D eigenvalue weighted by Gasteiger charge is 2.22. The first-order chi connectivity index (χ1) is 10.9. The predicted molar refractivity (Wildman–Crippen MR) is 89.1 cm³/mol. The normalized spacial score (nSPS) is 21.9. The fraction of sp³-hybridized carbons (Fsp3) is 0.562. The maximum absolute atomic E-state index is 12.2. The number of nitrogens with two attached hydrogens (primary N) is 1. The average Bonchev–Trinajstić information content (AvgIpc) is 2.48. The van der Waals surface area contributed by atoms with E-state index < -0.39 is 5.97 Å². The van der Waals surface area contributed by atoms with Gasteiger partial charge in [-0.15, -0.1) is 0 Å². The molecule has 1 fully saturated rings. The van der Waals surface area contributed by atoms with E-state index in [-0.39, 0.29) is 17.8 Å². The van der Waals surface area contributed by atoms with Crippen LogP contribution in [-0.2, 0) is 9.47 Å². The van der Waals surface area contributed by atoms with Crippen LogP contribution in [0.15, 0.2) is 12.1 Å². The van der Waals surface area contributed by atoms with Gasteiger partial charge in [-0.25, -0.2) is 4.79 Å². The number of methoxy groups -OCH3 is 1. The second-order valence-electron chi connectivity index (χ2n) is 5.73. The number of rotatable bonds is 5. The summed E-state index contributed by atoms with van der Waals surface area (Å²) in [5, 5.41) is 0.300. The summed E-state index contributed by atoms with van der Waals surface area (Å²) in [6.07, 6.45) is 0.371. The SMILES string of the molecule is COc1cc(N)c(Cl)cc1C(=O)OCCN1C[C@@H](C)O[C@@H](C)C1. The number of carbonyl (C=O) groups is 1. The number of carbonyl (C=O) groups excluding carboxylic acids is 1. The lowest BCUT2D eigenvalue weighted by Crippen LogP contribution is -2.46. The van der Waals surface area contributed by atoms with E-state index >= 15 is 0 Å². The van der Waals surface area contributed by atoms with E-state index in [2.05, 4.69) is 4.90 Å². The van der Waals surface area contributed by atoms with E-state index in [1.165, 1.54) is 19.2 Å². The van der Waals surface area contributed by atoms with Gasteiger partial charge in [0.15, 0.2) is 0 Å². The Bertz CT molecular complexity index is 557. The Morgan fingerprint density at radius 1 is 1.39 bits per heavy atom. The van der Waals surface area contributed by atoms with Crippen molar-refractivity contribution >= 4 is 23.3 Å². The van der Waals surface area contributed by atoms with Crippen molar-refractivity contribution in [1.82, 2.24) is 4.90 Å². The van der Waals surface area contributed by atoms with Crippen molar-refractivity contribution in [3.8, 4) is 5.75 Å². The lowest BCUT2D eigenvalue weighted by atomic mass is 10.2. The van der Waals surface area contributed by atoms with Gasteiger partial charge < -0.3 is 19.9 Å². The Kier molecular flexibility index (Phi) is 6.10. The summed E-state index contributed by atoms with van der Waals surface area (Å²) in [6, 6.07) is 2.99. The summed E-state index contributed by atoms with van der Waals surface area (Å²) < 4.78 is 16.2. The summed E-state index contributed by atoms with van der Waals surface area (Å²) in [6.45, 7) is 6.70. The van der Waals surface area contributed by atoms with Crippen LogP contribution in [0.3, 0.4) is 0 Å². The number of morpholine rings is 1. The van der Waals surface area contributed by atoms with Gasteiger partial charge in [-0.3, -0.25) is 4.90 Å². The molecule has 0 aromatic heterocycles. The Labute approximate surface area is 141 Å². The number of hydrogen-bond donors (Lipinski definition) is 1. The largest absolute Gasteiger partial charge is 0.496 e. The van der Waals surface area contributed by atoms with E-state index in [1.54, 1.807) is 0 Å². The van der Waals surface area contributed by atoms with Gasteiger partial charge in [-0.2, -0.15) is 0 Å². The highest BCUT2D eigenvalue weighted by atomic mass is 35.5. The first-order valence-corrected chi connectivity index (χ1v) is 7.96. The highest BCUT2D eigenvalue weighted by Crippen LogP contribution is 2.29. The number of hydrogen-bond acceptors (Lipinski definition) is 6. The van der Waals surface area contributed by atoms with Crippen molar-refractivity contribution in [2.24, 2.45) is 0 Å². The number of anilines is 1. The first-order valence-electron chi connectivity index (χ1n) is 7.58. The molecule has 2 rings (SSSR count). The smallest absolute Gasteiger partial charge is 0.342 e. The van der Waals surface area contributed by atoms with Crippen molar-refractivity contribution in [1.29, 1.82) is 0 Å². The molecule has 1 heterocycles. The van der Waals surface area contributed by atoms with E-state index in [1.807, 2.05) is 13.8 Å². The summed E-state index contributed by atoms with van der Waals surface area (Å²) in [5.41, 5.74) is 6.34. The number of halogens is 1. The molecule has 0 unspecified atom stereocenters. The Balaban J connectivity index is 1.91. The van der Waals surface area contributed by atoms with Crippen LogP contribution in [0.25, 0.3) is 0 Å². The molecule has 2 atom stereocenters. The summed E-state index contributed by atoms with van der Waals surface area (Å²) in [5.74, 6) is -0.122. The number of nitrogen functional groups attached to an aromatic ring is 1. The maximum Gasteiger partial charge on any atom is 0.342 e. The first kappa shape index (κ1) is 17.8. The zero-order valence-electron chi connectivity index (χ0n) is 13.7. The molecule has 1 aromatic rings. The van der Waals surface area contributed by atoms with Gasteiger partial charge in [0.05, 0.1) is 30.0 Å². The molecule has 23 heavy (non-hydrogen) atoms. The lowest BCUT2D eigenvalue weighted by Gasteiger charge is -2.35. The van der Waals surface area contributed by atoms with Gasteiger partial charge in [-0.1, -0.05) is 11.6 Å². The molecule has 0 spiro atoms. The molecule has 0 bridgehead atoms. The molecule has 2 N–H and O–H groups in total. The quantitative estimate of drug-likeness (QED) is 0.653. The molecule has 0 radical (unpaired) electrons.